The number of hydrogen-bond donors (Lipinski definition) is 1. The van der Waals surface area contributed by atoms with Crippen LogP contribution >= 0.6 is 23.2 Å². The predicted octanol–water partition coefficient (Wildman–Crippen LogP) is 3.56. The van der Waals surface area contributed by atoms with E-state index in [0.29, 0.717) is 29.1 Å². The smallest absolute Gasteiger partial charge is 0.161 e. The molecule has 0 aliphatic carbocycles. The van der Waals surface area contributed by atoms with Crippen molar-refractivity contribution in [3.05, 3.63) is 39.5 Å². The molecular formula is C14H13Cl2N3O. The Hall–Kier alpha value is -1.36. The summed E-state index contributed by atoms with van der Waals surface area (Å²) < 4.78 is 5.46. The van der Waals surface area contributed by atoms with Gasteiger partial charge in [0.05, 0.1) is 29.0 Å². The Labute approximate surface area is 127 Å². The van der Waals surface area contributed by atoms with Crippen molar-refractivity contribution in [3.63, 3.8) is 0 Å². The van der Waals surface area contributed by atoms with Gasteiger partial charge in [0.1, 0.15) is 5.82 Å². The van der Waals surface area contributed by atoms with Gasteiger partial charge in [0.2, 0.25) is 0 Å². The van der Waals surface area contributed by atoms with Gasteiger partial charge in [-0.15, -0.1) is 0 Å². The van der Waals surface area contributed by atoms with Gasteiger partial charge < -0.3 is 10.1 Å². The van der Waals surface area contributed by atoms with Crippen LogP contribution in [0.1, 0.15) is 11.3 Å². The van der Waals surface area contributed by atoms with E-state index in [9.17, 15) is 0 Å². The van der Waals surface area contributed by atoms with Crippen molar-refractivity contribution < 1.29 is 4.74 Å². The molecular weight excluding hydrogens is 297 g/mol. The fraction of sp³-hybridized carbons (Fsp3) is 0.286. The number of nitrogens with zero attached hydrogens (tertiary/aromatic N) is 2. The van der Waals surface area contributed by atoms with E-state index in [0.717, 1.165) is 29.1 Å². The van der Waals surface area contributed by atoms with Crippen LogP contribution in [0.5, 0.6) is 0 Å². The van der Waals surface area contributed by atoms with Crippen LogP contribution in [-0.2, 0) is 17.8 Å². The van der Waals surface area contributed by atoms with E-state index in [-0.39, 0.29) is 0 Å². The second-order valence-electron chi connectivity index (χ2n) is 4.50. The molecule has 2 heterocycles. The number of rotatable bonds is 2. The van der Waals surface area contributed by atoms with Crippen molar-refractivity contribution in [3.8, 4) is 11.4 Å². The molecule has 0 bridgehead atoms. The number of aromatic nitrogens is 2. The molecule has 4 nitrogen and oxygen atoms in total. The van der Waals surface area contributed by atoms with Crippen molar-refractivity contribution in [1.82, 2.24) is 9.97 Å². The van der Waals surface area contributed by atoms with Gasteiger partial charge in [-0.2, -0.15) is 0 Å². The number of ether oxygens (including phenoxy) is 1. The average Bonchev–Trinajstić information content (AvgIpc) is 2.49. The Morgan fingerprint density at radius 2 is 2.05 bits per heavy atom. The number of anilines is 1. The molecule has 20 heavy (non-hydrogen) atoms. The fourth-order valence-electron chi connectivity index (χ4n) is 2.20. The van der Waals surface area contributed by atoms with E-state index in [2.05, 4.69) is 15.3 Å². The third kappa shape index (κ3) is 2.46. The lowest BCUT2D eigenvalue weighted by Crippen LogP contribution is -2.16. The van der Waals surface area contributed by atoms with Gasteiger partial charge in [-0.1, -0.05) is 23.2 Å². The minimum Gasteiger partial charge on any atom is -0.376 e. The van der Waals surface area contributed by atoms with Gasteiger partial charge in [-0.05, 0) is 18.2 Å². The van der Waals surface area contributed by atoms with Gasteiger partial charge in [0.15, 0.2) is 5.82 Å². The maximum atomic E-state index is 6.06. The summed E-state index contributed by atoms with van der Waals surface area (Å²) in [5, 5.41) is 4.12. The average molecular weight is 310 g/mol. The van der Waals surface area contributed by atoms with Gasteiger partial charge in [0, 0.05) is 24.6 Å². The molecule has 6 heteroatoms. The van der Waals surface area contributed by atoms with Crippen molar-refractivity contribution in [2.75, 3.05) is 19.0 Å². The van der Waals surface area contributed by atoms with Gasteiger partial charge in [-0.25, -0.2) is 9.97 Å². The van der Waals surface area contributed by atoms with Crippen molar-refractivity contribution in [2.45, 2.75) is 13.0 Å². The standard InChI is InChI=1S/C14H13Cl2N3O/c1-17-14-9-7-20-5-4-12(9)18-13(19-14)8-2-3-10(15)11(16)6-8/h2-3,6H,4-5,7H2,1H3,(H,17,18,19). The molecule has 0 unspecified atom stereocenters. The summed E-state index contributed by atoms with van der Waals surface area (Å²) in [5.74, 6) is 1.45. The lowest BCUT2D eigenvalue weighted by atomic mass is 10.1. The lowest BCUT2D eigenvalue weighted by Gasteiger charge is -2.19. The molecule has 0 fully saturated rings. The van der Waals surface area contributed by atoms with Crippen LogP contribution in [0.2, 0.25) is 10.0 Å². The molecule has 3 rings (SSSR count). The predicted molar refractivity (Wildman–Crippen MR) is 80.4 cm³/mol. The van der Waals surface area contributed by atoms with Crippen LogP contribution < -0.4 is 5.32 Å². The van der Waals surface area contributed by atoms with Crippen LogP contribution in [0.3, 0.4) is 0 Å². The lowest BCUT2D eigenvalue weighted by molar-refractivity contribution is 0.109. The van der Waals surface area contributed by atoms with Crippen molar-refractivity contribution in [1.29, 1.82) is 0 Å². The Morgan fingerprint density at radius 1 is 1.20 bits per heavy atom. The van der Waals surface area contributed by atoms with Crippen molar-refractivity contribution in [2.24, 2.45) is 0 Å². The minimum atomic E-state index is 0.500. The quantitative estimate of drug-likeness (QED) is 0.921. The number of hydrogen-bond acceptors (Lipinski definition) is 4. The second kappa shape index (κ2) is 5.56. The molecule has 0 saturated carbocycles. The maximum absolute atomic E-state index is 6.06. The highest BCUT2D eigenvalue weighted by molar-refractivity contribution is 6.42. The molecule has 1 aromatic carbocycles. The summed E-state index contributed by atoms with van der Waals surface area (Å²) in [6, 6.07) is 5.41. The van der Waals surface area contributed by atoms with Crippen LogP contribution in [0, 0.1) is 0 Å². The zero-order valence-corrected chi connectivity index (χ0v) is 12.4. The number of fused-ring (bicyclic) bond motifs is 1. The summed E-state index contributed by atoms with van der Waals surface area (Å²) in [5.41, 5.74) is 2.91. The highest BCUT2D eigenvalue weighted by atomic mass is 35.5. The molecule has 104 valence electrons. The second-order valence-corrected chi connectivity index (χ2v) is 5.32. The Kier molecular flexibility index (Phi) is 3.78. The Morgan fingerprint density at radius 3 is 2.80 bits per heavy atom. The molecule has 1 aromatic heterocycles. The number of nitrogens with one attached hydrogen (secondary N) is 1. The Bertz CT molecular complexity index is 644. The first-order chi connectivity index (χ1) is 9.69. The topological polar surface area (TPSA) is 47.0 Å². The van der Waals surface area contributed by atoms with Crippen LogP contribution in [0.15, 0.2) is 18.2 Å². The van der Waals surface area contributed by atoms with E-state index in [1.807, 2.05) is 13.1 Å². The Balaban J connectivity index is 2.11. The first kappa shape index (κ1) is 13.6. The maximum Gasteiger partial charge on any atom is 0.161 e. The van der Waals surface area contributed by atoms with Crippen LogP contribution in [-0.4, -0.2) is 23.6 Å². The van der Waals surface area contributed by atoms with Crippen LogP contribution in [0.25, 0.3) is 11.4 Å². The largest absolute Gasteiger partial charge is 0.376 e. The molecule has 1 aliphatic heterocycles. The summed E-state index contributed by atoms with van der Waals surface area (Å²) in [6.07, 6.45) is 0.793. The molecule has 0 saturated heterocycles. The first-order valence-electron chi connectivity index (χ1n) is 6.29. The minimum absolute atomic E-state index is 0.500. The highest BCUT2D eigenvalue weighted by Crippen LogP contribution is 2.29. The van der Waals surface area contributed by atoms with Crippen molar-refractivity contribution >= 4 is 29.0 Å². The zero-order valence-electron chi connectivity index (χ0n) is 10.9. The summed E-state index contributed by atoms with van der Waals surface area (Å²) in [6.45, 7) is 1.24. The third-order valence-corrected chi connectivity index (χ3v) is 3.98. The van der Waals surface area contributed by atoms with Gasteiger partial charge in [-0.3, -0.25) is 0 Å². The molecule has 1 N–H and O–H groups in total. The van der Waals surface area contributed by atoms with E-state index >= 15 is 0 Å². The molecule has 0 atom stereocenters. The van der Waals surface area contributed by atoms with E-state index in [1.165, 1.54) is 0 Å². The fourth-order valence-corrected chi connectivity index (χ4v) is 2.50. The van der Waals surface area contributed by atoms with Crippen LogP contribution in [0.4, 0.5) is 5.82 Å². The van der Waals surface area contributed by atoms with E-state index in [4.69, 9.17) is 27.9 Å². The molecule has 0 radical (unpaired) electrons. The summed E-state index contributed by atoms with van der Waals surface area (Å²) >= 11 is 12.0. The molecule has 2 aromatic rings. The molecule has 0 amide bonds. The van der Waals surface area contributed by atoms with Gasteiger partial charge in [0.25, 0.3) is 0 Å². The monoisotopic (exact) mass is 309 g/mol. The number of benzene rings is 1. The third-order valence-electron chi connectivity index (χ3n) is 3.24. The van der Waals surface area contributed by atoms with E-state index < -0.39 is 0 Å². The normalized spacial score (nSPS) is 13.9. The van der Waals surface area contributed by atoms with E-state index in [1.54, 1.807) is 12.1 Å². The van der Waals surface area contributed by atoms with Gasteiger partial charge >= 0.3 is 0 Å². The highest BCUT2D eigenvalue weighted by Gasteiger charge is 2.18. The molecule has 0 spiro atoms. The summed E-state index contributed by atoms with van der Waals surface area (Å²) in [7, 11) is 1.84. The zero-order chi connectivity index (χ0) is 14.1. The first-order valence-corrected chi connectivity index (χ1v) is 7.05. The molecule has 1 aliphatic rings. The summed E-state index contributed by atoms with van der Waals surface area (Å²) in [4.78, 5) is 9.17. The number of halogens is 2. The SMILES string of the molecule is CNc1nc(-c2ccc(Cl)c(Cl)c2)nc2c1COCC2.